The van der Waals surface area contributed by atoms with Crippen LogP contribution in [0, 0.1) is 6.92 Å². The zero-order valence-corrected chi connectivity index (χ0v) is 19.5. The number of rotatable bonds is 9. The lowest BCUT2D eigenvalue weighted by molar-refractivity contribution is -0.117. The lowest BCUT2D eigenvalue weighted by Crippen LogP contribution is -2.44. The van der Waals surface area contributed by atoms with Crippen molar-refractivity contribution in [3.05, 3.63) is 38.8 Å². The largest absolute Gasteiger partial charge is 0.301 e. The molecule has 1 aromatic heterocycles. The minimum atomic E-state index is -4.04. The molecule has 0 aliphatic rings. The fourth-order valence-electron chi connectivity index (χ4n) is 2.42. The summed E-state index contributed by atoms with van der Waals surface area (Å²) in [5, 5.41) is 3.44. The van der Waals surface area contributed by atoms with Crippen LogP contribution in [0.3, 0.4) is 0 Å². The SMILES string of the molecule is CCc1nc(NC(=O)C(CCSC)NS(=O)(=O)c2cc(Cl)ccc2Cl)sc1C. The first-order chi connectivity index (χ1) is 13.2. The number of sulfonamides is 1. The number of anilines is 1. The Bertz CT molecular complexity index is 948. The second-order valence-electron chi connectivity index (χ2n) is 5.89. The molecule has 154 valence electrons. The van der Waals surface area contributed by atoms with E-state index < -0.39 is 22.0 Å². The summed E-state index contributed by atoms with van der Waals surface area (Å²) in [7, 11) is -4.04. The normalized spacial score (nSPS) is 12.8. The minimum absolute atomic E-state index is 0.0315. The number of aromatic nitrogens is 1. The number of carbonyl (C=O) groups is 1. The van der Waals surface area contributed by atoms with Crippen LogP contribution in [0.2, 0.25) is 10.0 Å². The molecule has 0 bridgehead atoms. The van der Waals surface area contributed by atoms with Crippen LogP contribution in [0.5, 0.6) is 0 Å². The Morgan fingerprint density at radius 2 is 2.07 bits per heavy atom. The Balaban J connectivity index is 2.24. The van der Waals surface area contributed by atoms with Gasteiger partial charge in [0.05, 0.1) is 10.7 Å². The van der Waals surface area contributed by atoms with Gasteiger partial charge in [-0.2, -0.15) is 16.5 Å². The van der Waals surface area contributed by atoms with E-state index in [2.05, 4.69) is 15.0 Å². The third kappa shape index (κ3) is 6.08. The zero-order chi connectivity index (χ0) is 20.9. The Morgan fingerprint density at radius 3 is 2.68 bits per heavy atom. The van der Waals surface area contributed by atoms with E-state index in [1.165, 1.54) is 41.3 Å². The molecule has 0 saturated heterocycles. The highest BCUT2D eigenvalue weighted by Crippen LogP contribution is 2.26. The third-order valence-corrected chi connectivity index (χ3v) is 7.63. The van der Waals surface area contributed by atoms with E-state index in [1.54, 1.807) is 0 Å². The fourth-order valence-corrected chi connectivity index (χ4v) is 5.78. The molecule has 2 N–H and O–H groups in total. The van der Waals surface area contributed by atoms with Crippen LogP contribution >= 0.6 is 46.3 Å². The quantitative estimate of drug-likeness (QED) is 0.555. The highest BCUT2D eigenvalue weighted by molar-refractivity contribution is 7.98. The number of hydrogen-bond donors (Lipinski definition) is 2. The summed E-state index contributed by atoms with van der Waals surface area (Å²) in [5.41, 5.74) is 0.909. The number of aryl methyl sites for hydroxylation is 2. The number of carbonyl (C=O) groups excluding carboxylic acids is 1. The van der Waals surface area contributed by atoms with Crippen molar-refractivity contribution in [2.75, 3.05) is 17.3 Å². The Hall–Kier alpha value is -0.840. The highest BCUT2D eigenvalue weighted by Gasteiger charge is 2.28. The number of amides is 1. The first-order valence-electron chi connectivity index (χ1n) is 8.41. The van der Waals surface area contributed by atoms with E-state index in [0.29, 0.717) is 17.3 Å². The van der Waals surface area contributed by atoms with Gasteiger partial charge in [-0.15, -0.1) is 11.3 Å². The molecule has 0 radical (unpaired) electrons. The van der Waals surface area contributed by atoms with Gasteiger partial charge in [0, 0.05) is 9.90 Å². The van der Waals surface area contributed by atoms with Crippen molar-refractivity contribution in [3.8, 4) is 0 Å². The average Bonchev–Trinajstić information content (AvgIpc) is 2.99. The molecule has 2 rings (SSSR count). The molecule has 0 spiro atoms. The number of halogens is 2. The fraction of sp³-hybridized carbons (Fsp3) is 0.412. The number of benzene rings is 1. The van der Waals surface area contributed by atoms with Gasteiger partial charge >= 0.3 is 0 Å². The zero-order valence-electron chi connectivity index (χ0n) is 15.6. The van der Waals surface area contributed by atoms with Gasteiger partial charge in [0.1, 0.15) is 10.9 Å². The Labute approximate surface area is 183 Å². The van der Waals surface area contributed by atoms with E-state index in [9.17, 15) is 13.2 Å². The van der Waals surface area contributed by atoms with Gasteiger partial charge in [0.2, 0.25) is 15.9 Å². The summed E-state index contributed by atoms with van der Waals surface area (Å²) in [5.74, 6) is 0.133. The Kier molecular flexibility index (Phi) is 8.60. The standard InChI is InChI=1S/C17H21Cl2N3O3S3/c1-4-13-10(2)27-17(20-13)21-16(23)14(7-8-26-3)22-28(24,25)15-9-11(18)5-6-12(15)19/h5-6,9,14,22H,4,7-8H2,1-3H3,(H,20,21,23). The average molecular weight is 482 g/mol. The van der Waals surface area contributed by atoms with Crippen LogP contribution in [-0.4, -0.2) is 37.4 Å². The van der Waals surface area contributed by atoms with Gasteiger partial charge in [-0.1, -0.05) is 30.1 Å². The molecule has 1 atom stereocenters. The van der Waals surface area contributed by atoms with Crippen molar-refractivity contribution in [2.24, 2.45) is 0 Å². The topological polar surface area (TPSA) is 88.2 Å². The van der Waals surface area contributed by atoms with Gasteiger partial charge in [0.15, 0.2) is 5.13 Å². The van der Waals surface area contributed by atoms with Gasteiger partial charge in [0.25, 0.3) is 0 Å². The van der Waals surface area contributed by atoms with Crippen molar-refractivity contribution >= 4 is 67.4 Å². The molecule has 0 aliphatic carbocycles. The number of thiazole rings is 1. The van der Waals surface area contributed by atoms with Crippen molar-refractivity contribution in [3.63, 3.8) is 0 Å². The van der Waals surface area contributed by atoms with Crippen molar-refractivity contribution in [1.29, 1.82) is 0 Å². The van der Waals surface area contributed by atoms with Gasteiger partial charge in [-0.05, 0) is 50.0 Å². The Morgan fingerprint density at radius 1 is 1.36 bits per heavy atom. The summed E-state index contributed by atoms with van der Waals surface area (Å²) < 4.78 is 28.0. The van der Waals surface area contributed by atoms with E-state index in [4.69, 9.17) is 23.2 Å². The first kappa shape index (κ1) is 23.4. The minimum Gasteiger partial charge on any atom is -0.301 e. The first-order valence-corrected chi connectivity index (χ1v) is 12.9. The van der Waals surface area contributed by atoms with Crippen molar-refractivity contribution < 1.29 is 13.2 Å². The second kappa shape index (κ2) is 10.3. The molecule has 2 aromatic rings. The molecule has 1 aromatic carbocycles. The maximum Gasteiger partial charge on any atom is 0.244 e. The second-order valence-corrected chi connectivity index (χ2v) is 10.6. The van der Waals surface area contributed by atoms with Crippen LogP contribution in [0.25, 0.3) is 0 Å². The summed E-state index contributed by atoms with van der Waals surface area (Å²) in [6.07, 6.45) is 2.96. The maximum atomic E-state index is 12.8. The van der Waals surface area contributed by atoms with Crippen LogP contribution in [0.1, 0.15) is 23.9 Å². The molecular weight excluding hydrogens is 461 g/mol. The van der Waals surface area contributed by atoms with Crippen LogP contribution in [0.4, 0.5) is 5.13 Å². The molecule has 11 heteroatoms. The van der Waals surface area contributed by atoms with E-state index in [1.807, 2.05) is 20.1 Å². The molecule has 0 fully saturated rings. The summed E-state index contributed by atoms with van der Waals surface area (Å²) in [6, 6.07) is 3.19. The van der Waals surface area contributed by atoms with Crippen LogP contribution in [0.15, 0.2) is 23.1 Å². The lowest BCUT2D eigenvalue weighted by Gasteiger charge is -2.18. The number of nitrogens with zero attached hydrogens (tertiary/aromatic N) is 1. The number of thioether (sulfide) groups is 1. The molecule has 0 saturated carbocycles. The van der Waals surface area contributed by atoms with E-state index in [-0.39, 0.29) is 14.9 Å². The summed E-state index contributed by atoms with van der Waals surface area (Å²) >= 11 is 14.8. The molecule has 28 heavy (non-hydrogen) atoms. The van der Waals surface area contributed by atoms with Gasteiger partial charge in [-0.25, -0.2) is 13.4 Å². The lowest BCUT2D eigenvalue weighted by atomic mass is 10.2. The highest BCUT2D eigenvalue weighted by atomic mass is 35.5. The molecule has 1 amide bonds. The van der Waals surface area contributed by atoms with E-state index in [0.717, 1.165) is 17.0 Å². The molecule has 1 heterocycles. The summed E-state index contributed by atoms with van der Waals surface area (Å²) in [6.45, 7) is 3.92. The third-order valence-electron chi connectivity index (χ3n) is 3.87. The van der Waals surface area contributed by atoms with Crippen LogP contribution in [-0.2, 0) is 21.2 Å². The number of hydrogen-bond acceptors (Lipinski definition) is 6. The predicted octanol–water partition coefficient (Wildman–Crippen LogP) is 4.36. The van der Waals surface area contributed by atoms with E-state index >= 15 is 0 Å². The smallest absolute Gasteiger partial charge is 0.244 e. The number of nitrogens with one attached hydrogen (secondary N) is 2. The maximum absolute atomic E-state index is 12.8. The van der Waals surface area contributed by atoms with Gasteiger partial charge in [-0.3, -0.25) is 4.79 Å². The predicted molar refractivity (Wildman–Crippen MR) is 118 cm³/mol. The van der Waals surface area contributed by atoms with Gasteiger partial charge < -0.3 is 5.32 Å². The molecule has 1 unspecified atom stereocenters. The van der Waals surface area contributed by atoms with Crippen LogP contribution < -0.4 is 10.0 Å². The van der Waals surface area contributed by atoms with Crippen molar-refractivity contribution in [2.45, 2.75) is 37.6 Å². The summed E-state index contributed by atoms with van der Waals surface area (Å²) in [4.78, 5) is 18.0. The van der Waals surface area contributed by atoms with Crippen molar-refractivity contribution in [1.82, 2.24) is 9.71 Å². The monoisotopic (exact) mass is 481 g/mol. The molecule has 0 aliphatic heterocycles. The molecular formula is C17H21Cl2N3O3S3. The molecule has 6 nitrogen and oxygen atoms in total.